The highest BCUT2D eigenvalue weighted by Gasteiger charge is 2.28. The summed E-state index contributed by atoms with van der Waals surface area (Å²) in [6.45, 7) is 4.75. The van der Waals surface area contributed by atoms with Crippen molar-refractivity contribution in [3.05, 3.63) is 23.5 Å². The number of nitrogens with zero attached hydrogens (tertiary/aromatic N) is 1. The maximum absolute atomic E-state index is 12.5. The van der Waals surface area contributed by atoms with E-state index >= 15 is 0 Å². The van der Waals surface area contributed by atoms with Crippen molar-refractivity contribution in [2.24, 2.45) is 0 Å². The number of aryl methyl sites for hydroxylation is 1. The van der Waals surface area contributed by atoms with Crippen LogP contribution in [-0.4, -0.2) is 35.0 Å². The first-order chi connectivity index (χ1) is 9.65. The van der Waals surface area contributed by atoms with Gasteiger partial charge < -0.3 is 10.6 Å². The molecule has 1 aliphatic carbocycles. The number of amides is 1. The number of nitrogens with one attached hydrogen (secondary N) is 2. The monoisotopic (exact) mass is 293 g/mol. The molecule has 0 saturated heterocycles. The van der Waals surface area contributed by atoms with Gasteiger partial charge in [0.25, 0.3) is 5.91 Å². The van der Waals surface area contributed by atoms with Gasteiger partial charge in [0.1, 0.15) is 0 Å². The van der Waals surface area contributed by atoms with Crippen LogP contribution in [0.25, 0.3) is 0 Å². The fraction of sp³-hybridized carbons (Fsp3) is 0.600. The first-order valence-electron chi connectivity index (χ1n) is 7.20. The molecule has 1 saturated carbocycles. The van der Waals surface area contributed by atoms with Crippen LogP contribution >= 0.6 is 11.8 Å². The van der Waals surface area contributed by atoms with Gasteiger partial charge >= 0.3 is 0 Å². The standard InChI is InChI=1S/C15H23N3OS/c1-4-16-13-8-10(2)17-9-11(13)15(19)18-12-6-5-7-14(12)20-3/h8-9,12,14H,4-7H2,1-3H3,(H,16,17)(H,18,19). The molecule has 0 spiro atoms. The van der Waals surface area contributed by atoms with Crippen LogP contribution in [0, 0.1) is 6.92 Å². The Labute approximate surface area is 125 Å². The first kappa shape index (κ1) is 15.2. The Balaban J connectivity index is 2.12. The van der Waals surface area contributed by atoms with Gasteiger partial charge in [0, 0.05) is 29.7 Å². The van der Waals surface area contributed by atoms with Crippen LogP contribution < -0.4 is 10.6 Å². The van der Waals surface area contributed by atoms with Crippen LogP contribution in [-0.2, 0) is 0 Å². The van der Waals surface area contributed by atoms with Crippen molar-refractivity contribution in [3.8, 4) is 0 Å². The molecule has 1 heterocycles. The molecule has 1 aromatic rings. The number of carbonyl (C=O) groups excluding carboxylic acids is 1. The first-order valence-corrected chi connectivity index (χ1v) is 8.48. The molecular weight excluding hydrogens is 270 g/mol. The normalized spacial score (nSPS) is 21.8. The highest BCUT2D eigenvalue weighted by atomic mass is 32.2. The van der Waals surface area contributed by atoms with E-state index < -0.39 is 0 Å². The molecule has 2 N–H and O–H groups in total. The van der Waals surface area contributed by atoms with Crippen LogP contribution in [0.2, 0.25) is 0 Å². The minimum atomic E-state index is -0.0144. The minimum absolute atomic E-state index is 0.0144. The molecule has 110 valence electrons. The van der Waals surface area contributed by atoms with Gasteiger partial charge in [-0.2, -0.15) is 11.8 Å². The molecule has 1 aliphatic rings. The van der Waals surface area contributed by atoms with E-state index in [4.69, 9.17) is 0 Å². The zero-order valence-electron chi connectivity index (χ0n) is 12.4. The van der Waals surface area contributed by atoms with Crippen molar-refractivity contribution >= 4 is 23.4 Å². The Morgan fingerprint density at radius 1 is 1.50 bits per heavy atom. The van der Waals surface area contributed by atoms with Crippen LogP contribution in [0.15, 0.2) is 12.3 Å². The molecule has 5 heteroatoms. The van der Waals surface area contributed by atoms with Crippen LogP contribution in [0.4, 0.5) is 5.69 Å². The van der Waals surface area contributed by atoms with E-state index in [-0.39, 0.29) is 11.9 Å². The molecule has 2 atom stereocenters. The van der Waals surface area contributed by atoms with E-state index in [0.717, 1.165) is 24.3 Å². The summed E-state index contributed by atoms with van der Waals surface area (Å²) >= 11 is 1.85. The summed E-state index contributed by atoms with van der Waals surface area (Å²) in [5.74, 6) is -0.0144. The van der Waals surface area contributed by atoms with Crippen molar-refractivity contribution in [2.45, 2.75) is 44.4 Å². The van der Waals surface area contributed by atoms with E-state index in [9.17, 15) is 4.79 Å². The zero-order valence-corrected chi connectivity index (χ0v) is 13.2. The molecule has 1 amide bonds. The van der Waals surface area contributed by atoms with E-state index in [2.05, 4.69) is 21.9 Å². The molecule has 2 rings (SSSR count). The average Bonchev–Trinajstić information content (AvgIpc) is 2.86. The fourth-order valence-electron chi connectivity index (χ4n) is 2.70. The van der Waals surface area contributed by atoms with Gasteiger partial charge in [-0.05, 0) is 39.0 Å². The van der Waals surface area contributed by atoms with Gasteiger partial charge in [-0.3, -0.25) is 9.78 Å². The fourth-order valence-corrected chi connectivity index (χ4v) is 3.63. The number of hydrogen-bond acceptors (Lipinski definition) is 4. The quantitative estimate of drug-likeness (QED) is 0.876. The largest absolute Gasteiger partial charge is 0.385 e. The summed E-state index contributed by atoms with van der Waals surface area (Å²) in [7, 11) is 0. The third kappa shape index (κ3) is 3.45. The lowest BCUT2D eigenvalue weighted by atomic mass is 10.1. The number of thioether (sulfide) groups is 1. The number of hydrogen-bond donors (Lipinski definition) is 2. The van der Waals surface area contributed by atoms with Gasteiger partial charge in [-0.1, -0.05) is 6.42 Å². The number of anilines is 1. The molecule has 0 aliphatic heterocycles. The van der Waals surface area contributed by atoms with E-state index in [1.807, 2.05) is 31.7 Å². The lowest BCUT2D eigenvalue weighted by Crippen LogP contribution is -2.39. The van der Waals surface area contributed by atoms with Crippen LogP contribution in [0.3, 0.4) is 0 Å². The number of rotatable bonds is 5. The summed E-state index contributed by atoms with van der Waals surface area (Å²) in [4.78, 5) is 16.7. The minimum Gasteiger partial charge on any atom is -0.385 e. The number of carbonyl (C=O) groups is 1. The van der Waals surface area contributed by atoms with Gasteiger partial charge in [-0.25, -0.2) is 0 Å². The third-order valence-corrected chi connectivity index (χ3v) is 4.89. The summed E-state index contributed by atoms with van der Waals surface area (Å²) < 4.78 is 0. The van der Waals surface area contributed by atoms with E-state index in [1.165, 1.54) is 12.8 Å². The second-order valence-electron chi connectivity index (χ2n) is 5.19. The van der Waals surface area contributed by atoms with Crippen molar-refractivity contribution < 1.29 is 4.79 Å². The summed E-state index contributed by atoms with van der Waals surface area (Å²) in [6, 6.07) is 2.22. The predicted octanol–water partition coefficient (Wildman–Crippen LogP) is 2.84. The molecular formula is C15H23N3OS. The molecule has 1 aromatic heterocycles. The summed E-state index contributed by atoms with van der Waals surface area (Å²) in [5, 5.41) is 6.96. The number of aromatic nitrogens is 1. The Morgan fingerprint density at radius 2 is 2.30 bits per heavy atom. The molecule has 2 unspecified atom stereocenters. The van der Waals surface area contributed by atoms with Crippen molar-refractivity contribution in [1.29, 1.82) is 0 Å². The van der Waals surface area contributed by atoms with Gasteiger partial charge in [0.05, 0.1) is 11.3 Å². The molecule has 4 nitrogen and oxygen atoms in total. The Morgan fingerprint density at radius 3 is 3.00 bits per heavy atom. The maximum Gasteiger partial charge on any atom is 0.255 e. The van der Waals surface area contributed by atoms with Crippen molar-refractivity contribution in [3.63, 3.8) is 0 Å². The smallest absolute Gasteiger partial charge is 0.255 e. The highest BCUT2D eigenvalue weighted by molar-refractivity contribution is 7.99. The Hall–Kier alpha value is -1.23. The SMILES string of the molecule is CCNc1cc(C)ncc1C(=O)NC1CCCC1SC. The van der Waals surface area contributed by atoms with E-state index in [0.29, 0.717) is 10.8 Å². The van der Waals surface area contributed by atoms with Crippen molar-refractivity contribution in [2.75, 3.05) is 18.1 Å². The molecule has 1 fully saturated rings. The number of pyridine rings is 1. The Kier molecular flexibility index (Phi) is 5.29. The second-order valence-corrected chi connectivity index (χ2v) is 6.26. The van der Waals surface area contributed by atoms with Crippen molar-refractivity contribution in [1.82, 2.24) is 10.3 Å². The molecule has 0 bridgehead atoms. The summed E-state index contributed by atoms with van der Waals surface area (Å²) in [5.41, 5.74) is 2.43. The molecule has 0 aromatic carbocycles. The van der Waals surface area contributed by atoms with Gasteiger partial charge in [0.15, 0.2) is 0 Å². The second kappa shape index (κ2) is 6.97. The van der Waals surface area contributed by atoms with Crippen LogP contribution in [0.5, 0.6) is 0 Å². The predicted molar refractivity (Wildman–Crippen MR) is 85.5 cm³/mol. The molecule has 20 heavy (non-hydrogen) atoms. The zero-order chi connectivity index (χ0) is 14.5. The topological polar surface area (TPSA) is 54.0 Å². The van der Waals surface area contributed by atoms with Gasteiger partial charge in [0.2, 0.25) is 0 Å². The van der Waals surface area contributed by atoms with Gasteiger partial charge in [-0.15, -0.1) is 0 Å². The molecule has 0 radical (unpaired) electrons. The maximum atomic E-state index is 12.5. The van der Waals surface area contributed by atoms with E-state index in [1.54, 1.807) is 6.20 Å². The average molecular weight is 293 g/mol. The Bertz CT molecular complexity index is 478. The lowest BCUT2D eigenvalue weighted by Gasteiger charge is -2.20. The van der Waals surface area contributed by atoms with Crippen LogP contribution in [0.1, 0.15) is 42.2 Å². The lowest BCUT2D eigenvalue weighted by molar-refractivity contribution is 0.0939. The highest BCUT2D eigenvalue weighted by Crippen LogP contribution is 2.29. The third-order valence-electron chi connectivity index (χ3n) is 3.72. The summed E-state index contributed by atoms with van der Waals surface area (Å²) in [6.07, 6.45) is 7.26.